The second-order valence-corrected chi connectivity index (χ2v) is 3.89. The molecule has 0 unspecified atom stereocenters. The van der Waals surface area contributed by atoms with Crippen molar-refractivity contribution < 1.29 is 9.53 Å². The molecule has 2 N–H and O–H groups in total. The van der Waals surface area contributed by atoms with Crippen LogP contribution in [0.1, 0.15) is 17.3 Å². The molecule has 0 saturated heterocycles. The van der Waals surface area contributed by atoms with Crippen LogP contribution >= 0.6 is 23.2 Å². The maximum absolute atomic E-state index is 11.7. The Morgan fingerprint density at radius 1 is 1.59 bits per heavy atom. The summed E-state index contributed by atoms with van der Waals surface area (Å²) in [5.74, 6) is -0.606. The van der Waals surface area contributed by atoms with Crippen LogP contribution in [0.2, 0.25) is 10.3 Å². The second kappa shape index (κ2) is 4.38. The van der Waals surface area contributed by atoms with Crippen LogP contribution < -0.4 is 5.73 Å². The quantitative estimate of drug-likeness (QED) is 0.667. The number of ether oxygens (including phenoxy) is 1. The molecule has 90 valence electrons. The van der Waals surface area contributed by atoms with Crippen LogP contribution in [0.5, 0.6) is 0 Å². The Morgan fingerprint density at radius 2 is 2.29 bits per heavy atom. The lowest BCUT2D eigenvalue weighted by Gasteiger charge is -2.00. The fourth-order valence-electron chi connectivity index (χ4n) is 1.37. The third-order valence-electron chi connectivity index (χ3n) is 2.02. The highest BCUT2D eigenvalue weighted by Crippen LogP contribution is 2.23. The lowest BCUT2D eigenvalue weighted by atomic mass is 10.3. The van der Waals surface area contributed by atoms with Crippen molar-refractivity contribution in [3.63, 3.8) is 0 Å². The number of hydrogen-bond acceptors (Lipinski definition) is 5. The predicted molar refractivity (Wildman–Crippen MR) is 63.4 cm³/mol. The van der Waals surface area contributed by atoms with Gasteiger partial charge in [-0.1, -0.05) is 23.2 Å². The molecular formula is C9H8Cl2N4O2. The Hall–Kier alpha value is -1.53. The van der Waals surface area contributed by atoms with Crippen molar-refractivity contribution in [2.75, 3.05) is 12.3 Å². The van der Waals surface area contributed by atoms with Crippen molar-refractivity contribution >= 4 is 40.6 Å². The summed E-state index contributed by atoms with van der Waals surface area (Å²) in [6, 6.07) is 1.40. The van der Waals surface area contributed by atoms with Crippen LogP contribution in [0.3, 0.4) is 0 Å². The number of aromatic nitrogens is 3. The van der Waals surface area contributed by atoms with E-state index in [2.05, 4.69) is 10.1 Å². The summed E-state index contributed by atoms with van der Waals surface area (Å²) >= 11 is 11.7. The second-order valence-electron chi connectivity index (χ2n) is 3.12. The molecule has 2 aromatic heterocycles. The Kier molecular flexibility index (Phi) is 3.08. The Bertz CT molecular complexity index is 596. The van der Waals surface area contributed by atoms with Crippen molar-refractivity contribution in [1.82, 2.24) is 14.6 Å². The highest BCUT2D eigenvalue weighted by Gasteiger charge is 2.22. The minimum absolute atomic E-state index is 0.000108. The molecule has 17 heavy (non-hydrogen) atoms. The molecular weight excluding hydrogens is 267 g/mol. The summed E-state index contributed by atoms with van der Waals surface area (Å²) in [5, 5.41) is 4.25. The summed E-state index contributed by atoms with van der Waals surface area (Å²) in [6.07, 6.45) is 0. The van der Waals surface area contributed by atoms with Gasteiger partial charge in [0.2, 0.25) is 0 Å². The number of hydrogen-bond donors (Lipinski definition) is 1. The predicted octanol–water partition coefficient (Wildman–Crippen LogP) is 1.79. The van der Waals surface area contributed by atoms with Crippen LogP contribution in [0.15, 0.2) is 6.07 Å². The van der Waals surface area contributed by atoms with Crippen LogP contribution in [-0.2, 0) is 4.74 Å². The molecule has 0 aliphatic heterocycles. The van der Waals surface area contributed by atoms with Gasteiger partial charge in [-0.15, -0.1) is 5.10 Å². The zero-order valence-corrected chi connectivity index (χ0v) is 10.3. The fraction of sp³-hybridized carbons (Fsp3) is 0.222. The summed E-state index contributed by atoms with van der Waals surface area (Å²) in [4.78, 5) is 15.6. The molecule has 0 aliphatic rings. The molecule has 0 aliphatic carbocycles. The molecule has 0 aromatic carbocycles. The van der Waals surface area contributed by atoms with E-state index >= 15 is 0 Å². The van der Waals surface area contributed by atoms with Crippen LogP contribution in [-0.4, -0.2) is 27.2 Å². The van der Waals surface area contributed by atoms with E-state index in [-0.39, 0.29) is 33.9 Å². The summed E-state index contributed by atoms with van der Waals surface area (Å²) in [6.45, 7) is 1.91. The zero-order chi connectivity index (χ0) is 12.6. The van der Waals surface area contributed by atoms with Gasteiger partial charge in [0.1, 0.15) is 15.9 Å². The van der Waals surface area contributed by atoms with Gasteiger partial charge in [-0.2, -0.15) is 0 Å². The van der Waals surface area contributed by atoms with E-state index in [0.717, 1.165) is 0 Å². The summed E-state index contributed by atoms with van der Waals surface area (Å²) in [5.41, 5.74) is 5.87. The smallest absolute Gasteiger partial charge is 0.345 e. The highest BCUT2D eigenvalue weighted by atomic mass is 35.5. The molecule has 0 amide bonds. The number of carbonyl (C=O) groups is 1. The van der Waals surface area contributed by atoms with Gasteiger partial charge in [-0.25, -0.2) is 14.3 Å². The van der Waals surface area contributed by atoms with Gasteiger partial charge in [0.05, 0.1) is 6.61 Å². The fourth-order valence-corrected chi connectivity index (χ4v) is 1.83. The van der Waals surface area contributed by atoms with Gasteiger partial charge in [-0.05, 0) is 6.92 Å². The van der Waals surface area contributed by atoms with E-state index in [9.17, 15) is 4.79 Å². The summed E-state index contributed by atoms with van der Waals surface area (Å²) < 4.78 is 6.09. The normalized spacial score (nSPS) is 10.8. The van der Waals surface area contributed by atoms with Crippen LogP contribution in [0.4, 0.5) is 5.82 Å². The van der Waals surface area contributed by atoms with Crippen molar-refractivity contribution in [2.24, 2.45) is 0 Å². The van der Waals surface area contributed by atoms with Gasteiger partial charge in [0.15, 0.2) is 11.5 Å². The summed E-state index contributed by atoms with van der Waals surface area (Å²) in [7, 11) is 0. The van der Waals surface area contributed by atoms with E-state index in [1.165, 1.54) is 10.6 Å². The van der Waals surface area contributed by atoms with Gasteiger partial charge in [-0.3, -0.25) is 0 Å². The molecule has 6 nitrogen and oxygen atoms in total. The number of carbonyl (C=O) groups excluding carboxylic acids is 1. The Balaban J connectivity index is 2.70. The first-order chi connectivity index (χ1) is 8.04. The number of anilines is 1. The SMILES string of the molecule is CCOC(=O)c1c(N)nn2c(Cl)cc(Cl)nc12. The molecule has 0 spiro atoms. The topological polar surface area (TPSA) is 82.5 Å². The Morgan fingerprint density at radius 3 is 2.94 bits per heavy atom. The van der Waals surface area contributed by atoms with Crippen molar-refractivity contribution in [3.8, 4) is 0 Å². The average molecular weight is 275 g/mol. The molecule has 0 saturated carbocycles. The third kappa shape index (κ3) is 2.01. The monoisotopic (exact) mass is 274 g/mol. The van der Waals surface area contributed by atoms with Gasteiger partial charge in [0.25, 0.3) is 0 Å². The van der Waals surface area contributed by atoms with E-state index in [1.807, 2.05) is 0 Å². The van der Waals surface area contributed by atoms with E-state index in [4.69, 9.17) is 33.7 Å². The number of nitrogen functional groups attached to an aromatic ring is 1. The number of fused-ring (bicyclic) bond motifs is 1. The lowest BCUT2D eigenvalue weighted by molar-refractivity contribution is 0.0529. The first-order valence-corrected chi connectivity index (χ1v) is 5.47. The first kappa shape index (κ1) is 11.9. The minimum Gasteiger partial charge on any atom is -0.462 e. The molecule has 2 heterocycles. The highest BCUT2D eigenvalue weighted by molar-refractivity contribution is 6.33. The van der Waals surface area contributed by atoms with Crippen molar-refractivity contribution in [3.05, 3.63) is 21.9 Å². The standard InChI is InChI=1S/C9H8Cl2N4O2/c1-2-17-9(16)6-7(12)14-15-5(11)3-4(10)13-8(6)15/h3H,2H2,1H3,(H2,12,14). The zero-order valence-electron chi connectivity index (χ0n) is 8.78. The number of esters is 1. The lowest BCUT2D eigenvalue weighted by Crippen LogP contribution is -2.07. The van der Waals surface area contributed by atoms with Crippen LogP contribution in [0.25, 0.3) is 5.65 Å². The maximum Gasteiger partial charge on any atom is 0.345 e. The maximum atomic E-state index is 11.7. The number of nitrogens with two attached hydrogens (primary N) is 1. The molecule has 2 rings (SSSR count). The van der Waals surface area contributed by atoms with E-state index in [1.54, 1.807) is 6.92 Å². The number of rotatable bonds is 2. The minimum atomic E-state index is -0.606. The van der Waals surface area contributed by atoms with Crippen LogP contribution in [0, 0.1) is 0 Å². The van der Waals surface area contributed by atoms with Gasteiger partial charge in [0, 0.05) is 6.07 Å². The molecule has 2 aromatic rings. The molecule has 0 radical (unpaired) electrons. The first-order valence-electron chi connectivity index (χ1n) is 4.72. The van der Waals surface area contributed by atoms with Gasteiger partial charge >= 0.3 is 5.97 Å². The van der Waals surface area contributed by atoms with E-state index in [0.29, 0.717) is 0 Å². The van der Waals surface area contributed by atoms with E-state index < -0.39 is 5.97 Å². The average Bonchev–Trinajstić information content (AvgIpc) is 2.55. The number of halogens is 2. The van der Waals surface area contributed by atoms with Crippen molar-refractivity contribution in [2.45, 2.75) is 6.92 Å². The largest absolute Gasteiger partial charge is 0.462 e. The van der Waals surface area contributed by atoms with Gasteiger partial charge < -0.3 is 10.5 Å². The third-order valence-corrected chi connectivity index (χ3v) is 2.48. The molecule has 0 atom stereocenters. The molecule has 0 fully saturated rings. The Labute approximate surface area is 106 Å². The van der Waals surface area contributed by atoms with Crippen molar-refractivity contribution in [1.29, 1.82) is 0 Å². The molecule has 0 bridgehead atoms. The molecule has 8 heteroatoms. The number of nitrogens with zero attached hydrogens (tertiary/aromatic N) is 3.